The highest BCUT2D eigenvalue weighted by atomic mass is 79.9. The zero-order valence-corrected chi connectivity index (χ0v) is 11.2. The molecule has 2 nitrogen and oxygen atoms in total. The van der Waals surface area contributed by atoms with Crippen LogP contribution < -0.4 is 4.74 Å². The van der Waals surface area contributed by atoms with Gasteiger partial charge in [0, 0.05) is 16.7 Å². The van der Waals surface area contributed by atoms with Gasteiger partial charge in [0.15, 0.2) is 0 Å². The maximum Gasteiger partial charge on any atom is 0.213 e. The Morgan fingerprint density at radius 1 is 1.18 bits per heavy atom. The van der Waals surface area contributed by atoms with E-state index < -0.39 is 0 Å². The van der Waals surface area contributed by atoms with E-state index in [9.17, 15) is 0 Å². The molecule has 0 amide bonds. The van der Waals surface area contributed by atoms with Gasteiger partial charge < -0.3 is 4.74 Å². The molecule has 88 valence electrons. The minimum absolute atomic E-state index is 0.0537. The molecule has 3 heteroatoms. The Labute approximate surface area is 110 Å². The lowest BCUT2D eigenvalue weighted by molar-refractivity contribution is 0.193. The number of hydrogen-bond donors (Lipinski definition) is 0. The number of benzene rings is 1. The molecule has 0 radical (unpaired) electrons. The first kappa shape index (κ1) is 12.1. The van der Waals surface area contributed by atoms with Crippen molar-refractivity contribution in [2.24, 2.45) is 0 Å². The third kappa shape index (κ3) is 3.30. The van der Waals surface area contributed by atoms with Crippen molar-refractivity contribution in [3.05, 3.63) is 58.7 Å². The quantitative estimate of drug-likeness (QED) is 0.834. The van der Waals surface area contributed by atoms with Gasteiger partial charge in [-0.25, -0.2) is 4.98 Å². The van der Waals surface area contributed by atoms with Crippen LogP contribution >= 0.6 is 15.9 Å². The molecule has 17 heavy (non-hydrogen) atoms. The molecule has 0 aliphatic carbocycles. The summed E-state index contributed by atoms with van der Waals surface area (Å²) < 4.78 is 6.94. The van der Waals surface area contributed by atoms with Crippen molar-refractivity contribution >= 4 is 15.9 Å². The van der Waals surface area contributed by atoms with Gasteiger partial charge in [0.2, 0.25) is 5.88 Å². The summed E-state index contributed by atoms with van der Waals surface area (Å²) in [7, 11) is 0. The summed E-state index contributed by atoms with van der Waals surface area (Å²) in [5, 5.41) is 0. The number of nitrogens with zero attached hydrogens (tertiary/aromatic N) is 1. The first-order valence-electron chi connectivity index (χ1n) is 5.62. The van der Waals surface area contributed by atoms with Crippen molar-refractivity contribution < 1.29 is 4.74 Å². The lowest BCUT2D eigenvalue weighted by Crippen LogP contribution is -2.07. The van der Waals surface area contributed by atoms with Crippen LogP contribution in [-0.2, 0) is 0 Å². The summed E-state index contributed by atoms with van der Waals surface area (Å²) >= 11 is 3.43. The first-order chi connectivity index (χ1) is 8.29. The highest BCUT2D eigenvalue weighted by molar-refractivity contribution is 9.10. The molecule has 0 saturated heterocycles. The molecule has 0 bridgehead atoms. The molecular formula is C14H14BrNO. The molecule has 2 aromatic rings. The largest absolute Gasteiger partial charge is 0.469 e. The number of aromatic nitrogens is 1. The number of halogens is 1. The zero-order chi connectivity index (χ0) is 12.1. The summed E-state index contributed by atoms with van der Waals surface area (Å²) in [6.45, 7) is 2.11. The Bertz CT molecular complexity index is 455. The number of rotatable bonds is 4. The van der Waals surface area contributed by atoms with Crippen molar-refractivity contribution in [3.63, 3.8) is 0 Å². The van der Waals surface area contributed by atoms with Gasteiger partial charge >= 0.3 is 0 Å². The first-order valence-corrected chi connectivity index (χ1v) is 6.42. The summed E-state index contributed by atoms with van der Waals surface area (Å²) in [6, 6.07) is 13.9. The van der Waals surface area contributed by atoms with Crippen LogP contribution in [0.3, 0.4) is 0 Å². The predicted molar refractivity (Wildman–Crippen MR) is 72.0 cm³/mol. The number of ether oxygens (including phenoxy) is 1. The van der Waals surface area contributed by atoms with Gasteiger partial charge in [-0.05, 0) is 30.2 Å². The Hall–Kier alpha value is -1.35. The topological polar surface area (TPSA) is 22.1 Å². The van der Waals surface area contributed by atoms with Crippen LogP contribution in [0.4, 0.5) is 0 Å². The standard InChI is InChI=1S/C14H14BrNO/c1-2-13(11-6-8-12(15)9-7-11)17-14-5-3-4-10-16-14/h3-10,13H,2H2,1H3. The highest BCUT2D eigenvalue weighted by Crippen LogP contribution is 2.24. The second kappa shape index (κ2) is 5.82. The molecule has 2 rings (SSSR count). The Morgan fingerprint density at radius 2 is 1.94 bits per heavy atom. The third-order valence-electron chi connectivity index (χ3n) is 2.51. The molecule has 0 aliphatic rings. The maximum absolute atomic E-state index is 5.86. The fraction of sp³-hybridized carbons (Fsp3) is 0.214. The molecule has 1 aromatic heterocycles. The molecule has 0 N–H and O–H groups in total. The van der Waals surface area contributed by atoms with Crippen LogP contribution in [0, 0.1) is 0 Å². The van der Waals surface area contributed by atoms with Gasteiger partial charge in [0.25, 0.3) is 0 Å². The molecule has 0 fully saturated rings. The van der Waals surface area contributed by atoms with Crippen LogP contribution in [0.1, 0.15) is 25.0 Å². The van der Waals surface area contributed by atoms with Crippen molar-refractivity contribution in [1.29, 1.82) is 0 Å². The van der Waals surface area contributed by atoms with E-state index in [1.807, 2.05) is 30.3 Å². The van der Waals surface area contributed by atoms with Gasteiger partial charge in [-0.15, -0.1) is 0 Å². The van der Waals surface area contributed by atoms with Crippen LogP contribution in [0.5, 0.6) is 5.88 Å². The smallest absolute Gasteiger partial charge is 0.213 e. The molecule has 0 saturated carbocycles. The fourth-order valence-corrected chi connectivity index (χ4v) is 1.89. The average Bonchev–Trinajstić information content (AvgIpc) is 2.38. The second-order valence-electron chi connectivity index (χ2n) is 3.73. The Kier molecular flexibility index (Phi) is 4.15. The monoisotopic (exact) mass is 291 g/mol. The van der Waals surface area contributed by atoms with E-state index in [4.69, 9.17) is 4.74 Å². The van der Waals surface area contributed by atoms with Crippen LogP contribution in [0.2, 0.25) is 0 Å². The SMILES string of the molecule is CCC(Oc1ccccn1)c1ccc(Br)cc1. The number of hydrogen-bond acceptors (Lipinski definition) is 2. The molecule has 0 aliphatic heterocycles. The summed E-state index contributed by atoms with van der Waals surface area (Å²) in [5.41, 5.74) is 1.17. The van der Waals surface area contributed by atoms with Gasteiger partial charge in [-0.3, -0.25) is 0 Å². The Balaban J connectivity index is 2.14. The zero-order valence-electron chi connectivity index (χ0n) is 9.64. The van der Waals surface area contributed by atoms with Gasteiger partial charge in [-0.1, -0.05) is 41.1 Å². The maximum atomic E-state index is 5.86. The second-order valence-corrected chi connectivity index (χ2v) is 4.65. The molecule has 1 aromatic carbocycles. The third-order valence-corrected chi connectivity index (χ3v) is 3.04. The van der Waals surface area contributed by atoms with Crippen LogP contribution in [0.15, 0.2) is 53.1 Å². The van der Waals surface area contributed by atoms with Crippen molar-refractivity contribution in [2.75, 3.05) is 0 Å². The highest BCUT2D eigenvalue weighted by Gasteiger charge is 2.11. The number of pyridine rings is 1. The fourth-order valence-electron chi connectivity index (χ4n) is 1.63. The summed E-state index contributed by atoms with van der Waals surface area (Å²) in [6.07, 6.45) is 2.71. The normalized spacial score (nSPS) is 12.1. The van der Waals surface area contributed by atoms with Crippen molar-refractivity contribution in [2.45, 2.75) is 19.4 Å². The van der Waals surface area contributed by atoms with E-state index in [0.717, 1.165) is 10.9 Å². The molecule has 1 atom stereocenters. The Morgan fingerprint density at radius 3 is 2.53 bits per heavy atom. The van der Waals surface area contributed by atoms with Crippen molar-refractivity contribution in [1.82, 2.24) is 4.98 Å². The van der Waals surface area contributed by atoms with Crippen LogP contribution in [0.25, 0.3) is 0 Å². The van der Waals surface area contributed by atoms with E-state index in [2.05, 4.69) is 40.0 Å². The van der Waals surface area contributed by atoms with Gasteiger partial charge in [-0.2, -0.15) is 0 Å². The summed E-state index contributed by atoms with van der Waals surface area (Å²) in [4.78, 5) is 4.18. The summed E-state index contributed by atoms with van der Waals surface area (Å²) in [5.74, 6) is 0.669. The molecule has 1 unspecified atom stereocenters. The lowest BCUT2D eigenvalue weighted by Gasteiger charge is -2.17. The van der Waals surface area contributed by atoms with E-state index >= 15 is 0 Å². The minimum atomic E-state index is 0.0537. The average molecular weight is 292 g/mol. The van der Waals surface area contributed by atoms with Gasteiger partial charge in [0.05, 0.1) is 0 Å². The molecular weight excluding hydrogens is 278 g/mol. The molecule has 0 spiro atoms. The van der Waals surface area contributed by atoms with Crippen LogP contribution in [-0.4, -0.2) is 4.98 Å². The van der Waals surface area contributed by atoms with E-state index in [1.54, 1.807) is 6.20 Å². The minimum Gasteiger partial charge on any atom is -0.469 e. The lowest BCUT2D eigenvalue weighted by atomic mass is 10.1. The van der Waals surface area contributed by atoms with Gasteiger partial charge in [0.1, 0.15) is 6.10 Å². The van der Waals surface area contributed by atoms with E-state index in [0.29, 0.717) is 5.88 Å². The van der Waals surface area contributed by atoms with Crippen molar-refractivity contribution in [3.8, 4) is 5.88 Å². The predicted octanol–water partition coefficient (Wildman–Crippen LogP) is 4.37. The molecule has 1 heterocycles. The van der Waals surface area contributed by atoms with E-state index in [1.165, 1.54) is 5.56 Å². The van der Waals surface area contributed by atoms with E-state index in [-0.39, 0.29) is 6.10 Å².